The lowest BCUT2D eigenvalue weighted by atomic mass is 9.99. The van der Waals surface area contributed by atoms with E-state index in [1.807, 2.05) is 6.92 Å². The Morgan fingerprint density at radius 3 is 2.35 bits per heavy atom. The molecule has 1 aliphatic heterocycles. The highest BCUT2D eigenvalue weighted by atomic mass is 35.5. The monoisotopic (exact) mass is 709 g/mol. The number of alkyl halides is 2. The third-order valence-electron chi connectivity index (χ3n) is 8.19. The Bertz CT molecular complexity index is 1710. The number of nitrogens with one attached hydrogen (secondary N) is 1. The molecule has 264 valence electrons. The zero-order valence-electron chi connectivity index (χ0n) is 27.0. The maximum absolute atomic E-state index is 14.7. The van der Waals surface area contributed by atoms with E-state index < -0.39 is 35.8 Å². The van der Waals surface area contributed by atoms with E-state index in [1.54, 1.807) is 21.7 Å². The van der Waals surface area contributed by atoms with Gasteiger partial charge in [-0.25, -0.2) is 9.37 Å². The molecule has 2 heterocycles. The fourth-order valence-electron chi connectivity index (χ4n) is 5.52. The lowest BCUT2D eigenvalue weighted by Gasteiger charge is -2.36. The Hall–Kier alpha value is -4.70. The van der Waals surface area contributed by atoms with Crippen LogP contribution in [0.5, 0.6) is 5.75 Å². The van der Waals surface area contributed by atoms with Gasteiger partial charge in [-0.05, 0) is 56.8 Å². The smallest absolute Gasteiger partial charge is 0.387 e. The number of nitrogens with two attached hydrogens (primary N) is 1. The van der Waals surface area contributed by atoms with Gasteiger partial charge in [-0.15, -0.1) is 0 Å². The predicted octanol–water partition coefficient (Wildman–Crippen LogP) is 3.99. The van der Waals surface area contributed by atoms with Crippen LogP contribution in [-0.2, 0) is 16.6 Å². The minimum Gasteiger partial charge on any atom is -0.432 e. The molecule has 12 nitrogen and oxygen atoms in total. The first-order chi connectivity index (χ1) is 23.2. The largest absolute Gasteiger partial charge is 0.432 e. The van der Waals surface area contributed by atoms with Gasteiger partial charge >= 0.3 is 6.61 Å². The van der Waals surface area contributed by atoms with Crippen LogP contribution in [0.15, 0.2) is 36.5 Å². The Balaban J connectivity index is 1.36. The van der Waals surface area contributed by atoms with Gasteiger partial charge in [0.15, 0.2) is 17.4 Å². The van der Waals surface area contributed by atoms with Crippen molar-refractivity contribution in [2.24, 2.45) is 18.7 Å². The quantitative estimate of drug-likeness (QED) is 0.256. The van der Waals surface area contributed by atoms with Crippen molar-refractivity contribution in [1.82, 2.24) is 24.3 Å². The second-order valence-corrected chi connectivity index (χ2v) is 11.9. The first-order valence-corrected chi connectivity index (χ1v) is 15.7. The number of nitrogens with zero attached hydrogens (tertiary/aromatic N) is 5. The van der Waals surface area contributed by atoms with Crippen molar-refractivity contribution in [2.75, 3.05) is 51.6 Å². The topological polar surface area (TPSA) is 143 Å². The van der Waals surface area contributed by atoms with Crippen LogP contribution in [0.2, 0.25) is 5.02 Å². The summed E-state index contributed by atoms with van der Waals surface area (Å²) in [6.45, 7) is 0.527. The summed E-state index contributed by atoms with van der Waals surface area (Å²) in [6.07, 6.45) is 2.33. The number of piperazine rings is 1. The zero-order valence-corrected chi connectivity index (χ0v) is 27.8. The van der Waals surface area contributed by atoms with Gasteiger partial charge in [0.25, 0.3) is 11.8 Å². The number of benzene rings is 2. The van der Waals surface area contributed by atoms with Crippen molar-refractivity contribution in [2.45, 2.75) is 26.4 Å². The molecule has 4 rings (SSSR count). The SMILES string of the molecule is CCC(CCN(C)CC(N)=O)C(=O)N1CCN(C(=O)c2ccc(NC(=O)c3ncc(-c4ccc(OC(F)F)c(F)c4F)n3C)cc2Cl)CC1. The van der Waals surface area contributed by atoms with E-state index in [1.165, 1.54) is 29.8 Å². The highest BCUT2D eigenvalue weighted by Gasteiger charge is 2.30. The van der Waals surface area contributed by atoms with Crippen LogP contribution in [0.4, 0.5) is 23.2 Å². The lowest BCUT2D eigenvalue weighted by molar-refractivity contribution is -0.137. The molecule has 0 radical (unpaired) electrons. The Morgan fingerprint density at radius 2 is 1.73 bits per heavy atom. The maximum atomic E-state index is 14.7. The number of likely N-dealkylation sites (N-methyl/N-ethyl adjacent to an activating group) is 1. The van der Waals surface area contributed by atoms with Crippen molar-refractivity contribution in [1.29, 1.82) is 0 Å². The average molecular weight is 710 g/mol. The van der Waals surface area contributed by atoms with E-state index >= 15 is 0 Å². The molecule has 0 aliphatic carbocycles. The molecule has 49 heavy (non-hydrogen) atoms. The first-order valence-electron chi connectivity index (χ1n) is 15.3. The molecule has 17 heteroatoms. The second-order valence-electron chi connectivity index (χ2n) is 11.5. The molecule has 0 saturated carbocycles. The van der Waals surface area contributed by atoms with Gasteiger partial charge in [0.1, 0.15) is 0 Å². The number of hydrogen-bond donors (Lipinski definition) is 2. The molecule has 0 bridgehead atoms. The van der Waals surface area contributed by atoms with Gasteiger partial charge in [0, 0.05) is 50.4 Å². The first kappa shape index (κ1) is 37.1. The molecule has 1 atom stereocenters. The molecule has 0 spiro atoms. The number of halogens is 5. The minimum absolute atomic E-state index is 0.00491. The van der Waals surface area contributed by atoms with Crippen molar-refractivity contribution >= 4 is 40.9 Å². The highest BCUT2D eigenvalue weighted by molar-refractivity contribution is 6.34. The van der Waals surface area contributed by atoms with E-state index in [2.05, 4.69) is 15.0 Å². The number of ether oxygens (including phenoxy) is 1. The summed E-state index contributed by atoms with van der Waals surface area (Å²) in [6, 6.07) is 6.18. The number of amides is 4. The zero-order chi connectivity index (χ0) is 36.0. The third kappa shape index (κ3) is 8.86. The number of aromatic nitrogens is 2. The average Bonchev–Trinajstić information content (AvgIpc) is 3.43. The number of primary amides is 1. The van der Waals surface area contributed by atoms with E-state index in [4.69, 9.17) is 17.3 Å². The fourth-order valence-corrected chi connectivity index (χ4v) is 5.78. The summed E-state index contributed by atoms with van der Waals surface area (Å²) in [5, 5.41) is 2.66. The summed E-state index contributed by atoms with van der Waals surface area (Å²) in [4.78, 5) is 59.7. The maximum Gasteiger partial charge on any atom is 0.387 e. The standard InChI is InChI=1S/C32H36ClF4N7O5/c1-4-18(9-10-41(2)17-25(38)45)30(47)43-11-13-44(14-12-43)31(48)20-6-5-19(15-22(20)33)40-29(46)28-39-16-23(42(28)3)21-7-8-24(49-32(36)37)27(35)26(21)34/h5-8,15-16,18,32H,4,9-14,17H2,1-3H3,(H2,38,45)(H,40,46). The lowest BCUT2D eigenvalue weighted by Crippen LogP contribution is -2.52. The molecule has 1 unspecified atom stereocenters. The summed E-state index contributed by atoms with van der Waals surface area (Å²) in [7, 11) is 3.15. The highest BCUT2D eigenvalue weighted by Crippen LogP contribution is 2.31. The predicted molar refractivity (Wildman–Crippen MR) is 172 cm³/mol. The summed E-state index contributed by atoms with van der Waals surface area (Å²) < 4.78 is 59.1. The van der Waals surface area contributed by atoms with Gasteiger partial charge in [-0.1, -0.05) is 18.5 Å². The fraction of sp³-hybridized carbons (Fsp3) is 0.406. The molecule has 3 N–H and O–H groups in total. The number of anilines is 1. The van der Waals surface area contributed by atoms with E-state index in [0.29, 0.717) is 45.6 Å². The van der Waals surface area contributed by atoms with E-state index in [9.17, 15) is 36.7 Å². The van der Waals surface area contributed by atoms with Gasteiger partial charge in [-0.3, -0.25) is 24.1 Å². The molecule has 2 aromatic carbocycles. The Labute approximate surface area is 284 Å². The molecule has 4 amide bonds. The molecule has 3 aromatic rings. The number of rotatable bonds is 13. The number of imidazole rings is 1. The Kier molecular flexibility index (Phi) is 12.2. The van der Waals surface area contributed by atoms with Gasteiger partial charge < -0.3 is 30.2 Å². The summed E-state index contributed by atoms with van der Waals surface area (Å²) in [5.41, 5.74) is 5.31. The molecular formula is C32H36ClF4N7O5. The number of carbonyl (C=O) groups excluding carboxylic acids is 4. The van der Waals surface area contributed by atoms with Crippen LogP contribution in [0.1, 0.15) is 40.7 Å². The van der Waals surface area contributed by atoms with Crippen LogP contribution < -0.4 is 15.8 Å². The number of carbonyl (C=O) groups is 4. The van der Waals surface area contributed by atoms with Crippen LogP contribution in [-0.4, -0.2) is 101 Å². The van der Waals surface area contributed by atoms with E-state index in [0.717, 1.165) is 18.3 Å². The van der Waals surface area contributed by atoms with Crippen LogP contribution in [0, 0.1) is 17.6 Å². The molecule has 1 saturated heterocycles. The molecule has 1 aliphatic rings. The summed E-state index contributed by atoms with van der Waals surface area (Å²) in [5.74, 6) is -5.97. The number of hydrogen-bond acceptors (Lipinski definition) is 7. The van der Waals surface area contributed by atoms with Crippen LogP contribution >= 0.6 is 11.6 Å². The van der Waals surface area contributed by atoms with E-state index in [-0.39, 0.29) is 57.6 Å². The summed E-state index contributed by atoms with van der Waals surface area (Å²) >= 11 is 6.44. The van der Waals surface area contributed by atoms with Gasteiger partial charge in [-0.2, -0.15) is 13.2 Å². The minimum atomic E-state index is -3.35. The van der Waals surface area contributed by atoms with Crippen molar-refractivity contribution in [3.8, 4) is 17.0 Å². The van der Waals surface area contributed by atoms with Crippen molar-refractivity contribution < 1.29 is 41.5 Å². The third-order valence-corrected chi connectivity index (χ3v) is 8.51. The van der Waals surface area contributed by atoms with Crippen LogP contribution in [0.25, 0.3) is 11.3 Å². The van der Waals surface area contributed by atoms with Crippen molar-refractivity contribution in [3.63, 3.8) is 0 Å². The second kappa shape index (κ2) is 16.1. The van der Waals surface area contributed by atoms with Gasteiger partial charge in [0.2, 0.25) is 17.6 Å². The molecular weight excluding hydrogens is 674 g/mol. The molecule has 1 aromatic heterocycles. The van der Waals surface area contributed by atoms with Crippen molar-refractivity contribution in [3.05, 3.63) is 64.6 Å². The Morgan fingerprint density at radius 1 is 1.06 bits per heavy atom. The van der Waals surface area contributed by atoms with Gasteiger partial charge in [0.05, 0.1) is 29.0 Å². The normalized spacial score (nSPS) is 13.9. The molecule has 1 fully saturated rings. The van der Waals surface area contributed by atoms with Crippen LogP contribution in [0.3, 0.4) is 0 Å².